The van der Waals surface area contributed by atoms with Crippen molar-refractivity contribution < 1.29 is 9.90 Å². The summed E-state index contributed by atoms with van der Waals surface area (Å²) in [4.78, 5) is 14.1. The molecule has 0 aromatic carbocycles. The molecular weight excluding hydrogens is 228 g/mol. The molecule has 1 saturated heterocycles. The predicted octanol–water partition coefficient (Wildman–Crippen LogP) is 1.23. The fourth-order valence-corrected chi connectivity index (χ4v) is 2.67. The second-order valence-corrected chi connectivity index (χ2v) is 5.94. The van der Waals surface area contributed by atoms with Gasteiger partial charge in [0.2, 0.25) is 5.91 Å². The molecule has 0 spiro atoms. The number of likely N-dealkylation sites (tertiary alicyclic amines) is 1. The zero-order valence-electron chi connectivity index (χ0n) is 11.8. The van der Waals surface area contributed by atoms with Crippen molar-refractivity contribution in [2.75, 3.05) is 26.2 Å². The van der Waals surface area contributed by atoms with Gasteiger partial charge in [0.1, 0.15) is 0 Å². The number of carbonyl (C=O) groups excluding carboxylic acids is 1. The van der Waals surface area contributed by atoms with E-state index in [1.807, 2.05) is 4.90 Å². The highest BCUT2D eigenvalue weighted by Gasteiger charge is 2.24. The first-order chi connectivity index (χ1) is 8.56. The fraction of sp³-hybridized carbons (Fsp3) is 0.929. The van der Waals surface area contributed by atoms with Crippen LogP contribution in [-0.4, -0.2) is 42.2 Å². The minimum absolute atomic E-state index is 0.238. The van der Waals surface area contributed by atoms with Crippen LogP contribution in [0, 0.1) is 17.8 Å². The van der Waals surface area contributed by atoms with E-state index in [1.165, 1.54) is 0 Å². The summed E-state index contributed by atoms with van der Waals surface area (Å²) in [6, 6.07) is 0. The van der Waals surface area contributed by atoms with Crippen LogP contribution in [0.4, 0.5) is 0 Å². The second-order valence-electron chi connectivity index (χ2n) is 5.94. The van der Waals surface area contributed by atoms with Gasteiger partial charge < -0.3 is 15.7 Å². The lowest BCUT2D eigenvalue weighted by atomic mass is 9.92. The van der Waals surface area contributed by atoms with Crippen LogP contribution in [0.15, 0.2) is 0 Å². The molecule has 0 saturated carbocycles. The summed E-state index contributed by atoms with van der Waals surface area (Å²) in [5.74, 6) is 1.53. The molecule has 106 valence electrons. The van der Waals surface area contributed by atoms with Crippen molar-refractivity contribution in [2.45, 2.75) is 39.5 Å². The quantitative estimate of drug-likeness (QED) is 0.751. The van der Waals surface area contributed by atoms with Crippen LogP contribution in [0.3, 0.4) is 0 Å². The number of carbonyl (C=O) groups is 1. The van der Waals surface area contributed by atoms with Gasteiger partial charge in [-0.05, 0) is 43.6 Å². The van der Waals surface area contributed by atoms with Crippen LogP contribution < -0.4 is 5.73 Å². The van der Waals surface area contributed by atoms with Crippen LogP contribution in [0.1, 0.15) is 39.5 Å². The van der Waals surface area contributed by atoms with E-state index >= 15 is 0 Å². The Morgan fingerprint density at radius 2 is 2.00 bits per heavy atom. The van der Waals surface area contributed by atoms with Gasteiger partial charge in [0.05, 0.1) is 0 Å². The Kier molecular flexibility index (Phi) is 6.65. The molecule has 0 aromatic rings. The van der Waals surface area contributed by atoms with E-state index in [2.05, 4.69) is 13.8 Å². The number of piperidine rings is 1. The third-order valence-electron chi connectivity index (χ3n) is 3.83. The molecule has 3 N–H and O–H groups in total. The van der Waals surface area contributed by atoms with Gasteiger partial charge in [-0.3, -0.25) is 4.79 Å². The van der Waals surface area contributed by atoms with E-state index < -0.39 is 0 Å². The number of amides is 1. The van der Waals surface area contributed by atoms with Gasteiger partial charge in [-0.25, -0.2) is 0 Å². The molecule has 1 atom stereocenters. The summed E-state index contributed by atoms with van der Waals surface area (Å²) in [6.45, 7) is 6.77. The van der Waals surface area contributed by atoms with E-state index in [4.69, 9.17) is 10.8 Å². The molecular formula is C14H28N2O2. The molecule has 0 aliphatic carbocycles. The first-order valence-electron chi connectivity index (χ1n) is 7.15. The van der Waals surface area contributed by atoms with Crippen LogP contribution in [0.25, 0.3) is 0 Å². The molecule has 1 amide bonds. The first-order valence-corrected chi connectivity index (χ1v) is 7.15. The van der Waals surface area contributed by atoms with E-state index in [9.17, 15) is 4.79 Å². The third-order valence-corrected chi connectivity index (χ3v) is 3.83. The Bertz CT molecular complexity index is 248. The maximum atomic E-state index is 12.2. The van der Waals surface area contributed by atoms with E-state index in [1.54, 1.807) is 0 Å². The summed E-state index contributed by atoms with van der Waals surface area (Å²) >= 11 is 0. The molecule has 0 unspecified atom stereocenters. The van der Waals surface area contributed by atoms with E-state index in [0.29, 0.717) is 30.7 Å². The van der Waals surface area contributed by atoms with Gasteiger partial charge in [0.25, 0.3) is 0 Å². The predicted molar refractivity (Wildman–Crippen MR) is 73.0 cm³/mol. The van der Waals surface area contributed by atoms with Crippen molar-refractivity contribution in [2.24, 2.45) is 23.5 Å². The monoisotopic (exact) mass is 256 g/mol. The smallest absolute Gasteiger partial charge is 0.222 e. The molecule has 18 heavy (non-hydrogen) atoms. The van der Waals surface area contributed by atoms with E-state index in [-0.39, 0.29) is 12.5 Å². The molecule has 1 heterocycles. The fourth-order valence-electron chi connectivity index (χ4n) is 2.67. The molecule has 4 nitrogen and oxygen atoms in total. The van der Waals surface area contributed by atoms with Crippen molar-refractivity contribution in [3.05, 3.63) is 0 Å². The van der Waals surface area contributed by atoms with Crippen LogP contribution >= 0.6 is 0 Å². The lowest BCUT2D eigenvalue weighted by Gasteiger charge is -2.32. The number of nitrogens with zero attached hydrogens (tertiary/aromatic N) is 1. The Hall–Kier alpha value is -0.610. The lowest BCUT2D eigenvalue weighted by Crippen LogP contribution is -2.40. The second kappa shape index (κ2) is 7.74. The average Bonchev–Trinajstić information content (AvgIpc) is 2.37. The standard InChI is InChI=1S/C14H28N2O2/c1-11(2)7-13(9-15)8-14(18)16-5-3-12(10-17)4-6-16/h11-13,17H,3-10,15H2,1-2H3/t13-/m0/s1. The van der Waals surface area contributed by atoms with E-state index in [0.717, 1.165) is 32.4 Å². The molecule has 1 rings (SSSR count). The van der Waals surface area contributed by atoms with Crippen LogP contribution in [-0.2, 0) is 4.79 Å². The van der Waals surface area contributed by atoms with Crippen molar-refractivity contribution in [1.82, 2.24) is 4.90 Å². The van der Waals surface area contributed by atoms with Crippen molar-refractivity contribution in [3.8, 4) is 0 Å². The van der Waals surface area contributed by atoms with Crippen molar-refractivity contribution in [3.63, 3.8) is 0 Å². The summed E-state index contributed by atoms with van der Waals surface area (Å²) in [5, 5.41) is 9.08. The van der Waals surface area contributed by atoms with Gasteiger partial charge in [-0.15, -0.1) is 0 Å². The average molecular weight is 256 g/mol. The third kappa shape index (κ3) is 4.94. The number of nitrogens with two attached hydrogens (primary N) is 1. The first kappa shape index (κ1) is 15.4. The van der Waals surface area contributed by atoms with Gasteiger partial charge >= 0.3 is 0 Å². The summed E-state index contributed by atoms with van der Waals surface area (Å²) in [5.41, 5.74) is 5.74. The van der Waals surface area contributed by atoms with Gasteiger partial charge in [-0.1, -0.05) is 13.8 Å². The summed E-state index contributed by atoms with van der Waals surface area (Å²) in [7, 11) is 0. The van der Waals surface area contributed by atoms with Crippen LogP contribution in [0.2, 0.25) is 0 Å². The Morgan fingerprint density at radius 3 is 2.44 bits per heavy atom. The van der Waals surface area contributed by atoms with Crippen molar-refractivity contribution in [1.29, 1.82) is 0 Å². The maximum Gasteiger partial charge on any atom is 0.222 e. The highest BCUT2D eigenvalue weighted by molar-refractivity contribution is 5.76. The highest BCUT2D eigenvalue weighted by atomic mass is 16.3. The highest BCUT2D eigenvalue weighted by Crippen LogP contribution is 2.20. The number of aliphatic hydroxyl groups excluding tert-OH is 1. The molecule has 1 fully saturated rings. The Morgan fingerprint density at radius 1 is 1.39 bits per heavy atom. The SMILES string of the molecule is CC(C)C[C@H](CN)CC(=O)N1CCC(CO)CC1. The topological polar surface area (TPSA) is 66.6 Å². The van der Waals surface area contributed by atoms with Gasteiger partial charge in [0.15, 0.2) is 0 Å². The molecule has 0 radical (unpaired) electrons. The Balaban J connectivity index is 2.35. The van der Waals surface area contributed by atoms with Crippen molar-refractivity contribution >= 4 is 5.91 Å². The largest absolute Gasteiger partial charge is 0.396 e. The Labute approximate surface area is 111 Å². The normalized spacial score (nSPS) is 19.3. The molecule has 1 aliphatic rings. The lowest BCUT2D eigenvalue weighted by molar-refractivity contribution is -0.133. The molecule has 1 aliphatic heterocycles. The summed E-state index contributed by atoms with van der Waals surface area (Å²) < 4.78 is 0. The van der Waals surface area contributed by atoms with Gasteiger partial charge in [0, 0.05) is 26.1 Å². The number of aliphatic hydroxyl groups is 1. The van der Waals surface area contributed by atoms with Gasteiger partial charge in [-0.2, -0.15) is 0 Å². The van der Waals surface area contributed by atoms with Crippen LogP contribution in [0.5, 0.6) is 0 Å². The zero-order chi connectivity index (χ0) is 13.5. The summed E-state index contributed by atoms with van der Waals surface area (Å²) in [6.07, 6.45) is 3.47. The zero-order valence-corrected chi connectivity index (χ0v) is 11.8. The number of rotatable bonds is 6. The minimum atomic E-state index is 0.238. The minimum Gasteiger partial charge on any atom is -0.396 e. The molecule has 4 heteroatoms. The molecule has 0 aromatic heterocycles. The molecule has 0 bridgehead atoms. The maximum absolute atomic E-state index is 12.2. The number of hydrogen-bond acceptors (Lipinski definition) is 3. The number of hydrogen-bond donors (Lipinski definition) is 2.